The molecule has 2 heterocycles. The zero-order valence-electron chi connectivity index (χ0n) is 15.8. The highest BCUT2D eigenvalue weighted by Gasteiger charge is 2.15. The Morgan fingerprint density at radius 1 is 1.13 bits per heavy atom. The number of hydrogen-bond acceptors (Lipinski definition) is 7. The van der Waals surface area contributed by atoms with Gasteiger partial charge in [0.1, 0.15) is 28.1 Å². The summed E-state index contributed by atoms with van der Waals surface area (Å²) in [6.45, 7) is -0.309. The summed E-state index contributed by atoms with van der Waals surface area (Å²) in [7, 11) is 1.24. The molecule has 4 aromatic rings. The SMILES string of the molecule is COC(=O)c1cnc(Oc2ccc3c(c2)c(=O)ncn3Cc2c(F)cc(F)cc2F)s1. The number of thiazole rings is 1. The van der Waals surface area contributed by atoms with Crippen molar-refractivity contribution in [2.45, 2.75) is 6.54 Å². The van der Waals surface area contributed by atoms with Crippen molar-refractivity contribution in [2.75, 3.05) is 7.11 Å². The van der Waals surface area contributed by atoms with Gasteiger partial charge in [-0.3, -0.25) is 4.79 Å². The number of nitrogens with zero attached hydrogens (tertiary/aromatic N) is 3. The van der Waals surface area contributed by atoms with E-state index in [0.717, 1.165) is 17.7 Å². The summed E-state index contributed by atoms with van der Waals surface area (Å²) in [5.74, 6) is -3.43. The Balaban J connectivity index is 1.68. The van der Waals surface area contributed by atoms with Gasteiger partial charge in [-0.15, -0.1) is 0 Å². The third-order valence-corrected chi connectivity index (χ3v) is 5.19. The van der Waals surface area contributed by atoms with Gasteiger partial charge in [0.15, 0.2) is 0 Å². The van der Waals surface area contributed by atoms with Gasteiger partial charge in [0.2, 0.25) is 0 Å². The lowest BCUT2D eigenvalue weighted by Crippen LogP contribution is -2.14. The summed E-state index contributed by atoms with van der Waals surface area (Å²) in [5.41, 5.74) is -0.609. The first-order valence-corrected chi connectivity index (χ1v) is 9.52. The van der Waals surface area contributed by atoms with Crippen molar-refractivity contribution in [3.05, 3.63) is 81.1 Å². The van der Waals surface area contributed by atoms with E-state index >= 15 is 0 Å². The minimum atomic E-state index is -1.05. The molecule has 0 spiro atoms. The predicted octanol–water partition coefficient (Wildman–Crippen LogP) is 3.90. The van der Waals surface area contributed by atoms with Crippen LogP contribution < -0.4 is 10.3 Å². The molecule has 0 saturated carbocycles. The van der Waals surface area contributed by atoms with Gasteiger partial charge in [-0.1, -0.05) is 11.3 Å². The highest BCUT2D eigenvalue weighted by atomic mass is 32.1. The van der Waals surface area contributed by atoms with Gasteiger partial charge in [-0.25, -0.2) is 22.9 Å². The van der Waals surface area contributed by atoms with Crippen LogP contribution in [0.2, 0.25) is 0 Å². The van der Waals surface area contributed by atoms with Crippen LogP contribution in [-0.4, -0.2) is 27.6 Å². The van der Waals surface area contributed by atoms with Crippen LogP contribution >= 0.6 is 11.3 Å². The molecule has 0 bridgehead atoms. The number of aromatic nitrogens is 3. The van der Waals surface area contributed by atoms with Gasteiger partial charge in [0.05, 0.1) is 37.1 Å². The molecule has 158 valence electrons. The van der Waals surface area contributed by atoms with Crippen LogP contribution in [0.3, 0.4) is 0 Å². The van der Waals surface area contributed by atoms with Gasteiger partial charge in [0, 0.05) is 17.7 Å². The molecule has 0 amide bonds. The Labute approximate surface area is 176 Å². The Kier molecular flexibility index (Phi) is 5.42. The highest BCUT2D eigenvalue weighted by Crippen LogP contribution is 2.28. The fourth-order valence-electron chi connectivity index (χ4n) is 2.87. The first-order chi connectivity index (χ1) is 14.9. The van der Waals surface area contributed by atoms with E-state index in [4.69, 9.17) is 4.74 Å². The van der Waals surface area contributed by atoms with Crippen LogP contribution in [0.15, 0.2) is 47.7 Å². The smallest absolute Gasteiger partial charge is 0.349 e. The van der Waals surface area contributed by atoms with Crippen molar-refractivity contribution >= 4 is 28.2 Å². The molecule has 0 aliphatic heterocycles. The van der Waals surface area contributed by atoms with Gasteiger partial charge in [-0.05, 0) is 18.2 Å². The van der Waals surface area contributed by atoms with Gasteiger partial charge in [0.25, 0.3) is 10.8 Å². The van der Waals surface area contributed by atoms with E-state index in [1.807, 2.05) is 0 Å². The molecule has 11 heteroatoms. The van der Waals surface area contributed by atoms with Gasteiger partial charge < -0.3 is 14.0 Å². The summed E-state index contributed by atoms with van der Waals surface area (Å²) in [5, 5.41) is 0.284. The van der Waals surface area contributed by atoms with E-state index in [9.17, 15) is 22.8 Å². The molecule has 0 radical (unpaired) electrons. The second-order valence-corrected chi connectivity index (χ2v) is 7.28. The monoisotopic (exact) mass is 447 g/mol. The Hall–Kier alpha value is -3.73. The molecule has 2 aromatic carbocycles. The van der Waals surface area contributed by atoms with Crippen molar-refractivity contribution < 1.29 is 27.4 Å². The van der Waals surface area contributed by atoms with Crippen LogP contribution in [0.5, 0.6) is 10.9 Å². The average molecular weight is 447 g/mol. The molecule has 2 aromatic heterocycles. The molecular weight excluding hydrogens is 435 g/mol. The second-order valence-electron chi connectivity index (χ2n) is 6.29. The summed E-state index contributed by atoms with van der Waals surface area (Å²) in [6.07, 6.45) is 2.45. The zero-order chi connectivity index (χ0) is 22.1. The maximum atomic E-state index is 14.0. The number of hydrogen-bond donors (Lipinski definition) is 0. The Bertz CT molecular complexity index is 1350. The molecule has 0 saturated heterocycles. The molecular formula is C20H12F3N3O4S. The van der Waals surface area contributed by atoms with Crippen LogP contribution in [0.25, 0.3) is 10.9 Å². The third kappa shape index (κ3) is 4.12. The van der Waals surface area contributed by atoms with Gasteiger partial charge >= 0.3 is 5.97 Å². The lowest BCUT2D eigenvalue weighted by molar-refractivity contribution is 0.0606. The first kappa shape index (κ1) is 20.5. The molecule has 0 aliphatic carbocycles. The lowest BCUT2D eigenvalue weighted by Gasteiger charge is -2.12. The summed E-state index contributed by atoms with van der Waals surface area (Å²) < 4.78 is 52.8. The Morgan fingerprint density at radius 3 is 2.58 bits per heavy atom. The van der Waals surface area contributed by atoms with Crippen molar-refractivity contribution in [3.8, 4) is 10.9 Å². The number of halogens is 3. The average Bonchev–Trinajstić information content (AvgIpc) is 3.20. The first-order valence-electron chi connectivity index (χ1n) is 8.70. The zero-order valence-corrected chi connectivity index (χ0v) is 16.6. The normalized spacial score (nSPS) is 11.0. The largest absolute Gasteiger partial charge is 0.465 e. The van der Waals surface area contributed by atoms with Crippen molar-refractivity contribution in [1.82, 2.24) is 14.5 Å². The molecule has 0 unspecified atom stereocenters. The predicted molar refractivity (Wildman–Crippen MR) is 105 cm³/mol. The van der Waals surface area contributed by atoms with Gasteiger partial charge in [-0.2, -0.15) is 4.98 Å². The number of methoxy groups -OCH3 is 1. The number of esters is 1. The fraction of sp³-hybridized carbons (Fsp3) is 0.100. The molecule has 0 N–H and O–H groups in total. The van der Waals surface area contributed by atoms with Crippen LogP contribution in [0.1, 0.15) is 15.2 Å². The summed E-state index contributed by atoms with van der Waals surface area (Å²) in [6, 6.07) is 5.60. The summed E-state index contributed by atoms with van der Waals surface area (Å²) in [4.78, 5) is 31.7. The molecule has 0 atom stereocenters. The number of rotatable bonds is 5. The lowest BCUT2D eigenvalue weighted by atomic mass is 10.1. The number of ether oxygens (including phenoxy) is 2. The number of carbonyl (C=O) groups is 1. The Morgan fingerprint density at radius 2 is 1.87 bits per heavy atom. The molecule has 7 nitrogen and oxygen atoms in total. The maximum Gasteiger partial charge on any atom is 0.349 e. The standard InChI is InChI=1S/C20H12F3N3O4S/c1-29-19(28)17-7-24-20(31-17)30-11-2-3-16-12(6-11)18(27)25-9-26(16)8-13-14(22)4-10(21)5-15(13)23/h2-7,9H,8H2,1H3. The highest BCUT2D eigenvalue weighted by molar-refractivity contribution is 7.15. The number of carbonyl (C=O) groups excluding carboxylic acids is 1. The molecule has 0 aliphatic rings. The van der Waals surface area contributed by atoms with Crippen molar-refractivity contribution in [1.29, 1.82) is 0 Å². The summed E-state index contributed by atoms with van der Waals surface area (Å²) >= 11 is 0.958. The van der Waals surface area contributed by atoms with E-state index in [2.05, 4.69) is 14.7 Å². The number of benzene rings is 2. The fourth-order valence-corrected chi connectivity index (χ4v) is 3.58. The molecule has 31 heavy (non-hydrogen) atoms. The minimum absolute atomic E-state index is 0.132. The van der Waals surface area contributed by atoms with E-state index in [1.165, 1.54) is 36.1 Å². The molecule has 0 fully saturated rings. The van der Waals surface area contributed by atoms with Crippen LogP contribution in [0.4, 0.5) is 13.2 Å². The van der Waals surface area contributed by atoms with E-state index in [-0.39, 0.29) is 33.3 Å². The minimum Gasteiger partial charge on any atom is -0.465 e. The van der Waals surface area contributed by atoms with Crippen molar-refractivity contribution in [2.24, 2.45) is 0 Å². The number of fused-ring (bicyclic) bond motifs is 1. The van der Waals surface area contributed by atoms with E-state index < -0.39 is 29.0 Å². The topological polar surface area (TPSA) is 83.3 Å². The van der Waals surface area contributed by atoms with Crippen LogP contribution in [0, 0.1) is 17.5 Å². The van der Waals surface area contributed by atoms with E-state index in [1.54, 1.807) is 0 Å². The second kappa shape index (κ2) is 8.19. The molecule has 4 rings (SSSR count). The van der Waals surface area contributed by atoms with Crippen molar-refractivity contribution in [3.63, 3.8) is 0 Å². The quantitative estimate of drug-likeness (QED) is 0.432. The van der Waals surface area contributed by atoms with E-state index in [0.29, 0.717) is 17.6 Å². The van der Waals surface area contributed by atoms with Crippen LogP contribution in [-0.2, 0) is 11.3 Å². The third-order valence-electron chi connectivity index (χ3n) is 4.33. The maximum absolute atomic E-state index is 14.0.